The van der Waals surface area contributed by atoms with Crippen molar-refractivity contribution in [3.63, 3.8) is 0 Å². The quantitative estimate of drug-likeness (QED) is 0.557. The summed E-state index contributed by atoms with van der Waals surface area (Å²) < 4.78 is 0. The Morgan fingerprint density at radius 1 is 1.67 bits per heavy atom. The third-order valence-corrected chi connectivity index (χ3v) is 1.45. The van der Waals surface area contributed by atoms with E-state index in [1.54, 1.807) is 6.33 Å². The van der Waals surface area contributed by atoms with Crippen molar-refractivity contribution in [3.8, 4) is 0 Å². The van der Waals surface area contributed by atoms with E-state index in [9.17, 15) is 4.79 Å². The summed E-state index contributed by atoms with van der Waals surface area (Å²) >= 11 is 0. The molecular formula is C6H6N5O+. The van der Waals surface area contributed by atoms with Gasteiger partial charge in [0.05, 0.1) is 6.20 Å². The minimum Gasteiger partial charge on any atom is -0.362 e. The molecule has 6 heteroatoms. The number of hydrogen-bond donors (Lipinski definition) is 2. The molecule has 0 spiro atoms. The number of amides is 1. The molecule has 2 rings (SSSR count). The van der Waals surface area contributed by atoms with Crippen molar-refractivity contribution < 1.29 is 9.78 Å². The lowest BCUT2D eigenvalue weighted by Gasteiger charge is -1.85. The van der Waals surface area contributed by atoms with E-state index in [0.29, 0.717) is 5.65 Å². The van der Waals surface area contributed by atoms with E-state index < -0.39 is 5.91 Å². The van der Waals surface area contributed by atoms with Crippen LogP contribution in [0.3, 0.4) is 0 Å². The van der Waals surface area contributed by atoms with Gasteiger partial charge in [-0.2, -0.15) is 0 Å². The van der Waals surface area contributed by atoms with Gasteiger partial charge in [-0.3, -0.25) is 9.78 Å². The summed E-state index contributed by atoms with van der Waals surface area (Å²) in [5.41, 5.74) is 6.29. The summed E-state index contributed by atoms with van der Waals surface area (Å²) in [5, 5.41) is 0. The Morgan fingerprint density at radius 2 is 2.50 bits per heavy atom. The maximum atomic E-state index is 10.6. The average Bonchev–Trinajstić information content (AvgIpc) is 2.49. The summed E-state index contributed by atoms with van der Waals surface area (Å²) in [7, 11) is 0. The number of imidazole rings is 1. The monoisotopic (exact) mass is 164 g/mol. The lowest BCUT2D eigenvalue weighted by Crippen LogP contribution is -2.16. The standard InChI is InChI=1S/C6H5N5O/c7-4(12)6-8-1-3-5(11-6)10-2-9-3/h1-2H,(H2,7,12)(H,8,9,10,11)/p+1. The van der Waals surface area contributed by atoms with Crippen LogP contribution in [-0.2, 0) is 0 Å². The minimum atomic E-state index is -0.633. The molecule has 0 aliphatic heterocycles. The third-order valence-electron chi connectivity index (χ3n) is 1.45. The fourth-order valence-corrected chi connectivity index (χ4v) is 0.898. The molecule has 0 saturated heterocycles. The molecule has 0 aromatic carbocycles. The predicted molar refractivity (Wildman–Crippen MR) is 39.0 cm³/mol. The first kappa shape index (κ1) is 6.71. The molecule has 0 radical (unpaired) electrons. The van der Waals surface area contributed by atoms with E-state index in [2.05, 4.69) is 19.9 Å². The van der Waals surface area contributed by atoms with Crippen LogP contribution in [0, 0.1) is 0 Å². The second kappa shape index (κ2) is 2.26. The van der Waals surface area contributed by atoms with Crippen LogP contribution < -0.4 is 10.7 Å². The predicted octanol–water partition coefficient (Wildman–Crippen LogP) is -1.13. The Bertz CT molecular complexity index is 434. The van der Waals surface area contributed by atoms with E-state index in [1.165, 1.54) is 6.20 Å². The molecule has 12 heavy (non-hydrogen) atoms. The van der Waals surface area contributed by atoms with Crippen LogP contribution in [0.2, 0.25) is 0 Å². The number of carbonyl (C=O) groups is 1. The highest BCUT2D eigenvalue weighted by atomic mass is 16.1. The number of nitrogens with one attached hydrogen (secondary N) is 2. The third kappa shape index (κ3) is 0.895. The molecule has 4 N–H and O–H groups in total. The van der Waals surface area contributed by atoms with Gasteiger partial charge in [0.2, 0.25) is 0 Å². The van der Waals surface area contributed by atoms with Crippen LogP contribution in [0.1, 0.15) is 10.6 Å². The van der Waals surface area contributed by atoms with Crippen molar-refractivity contribution in [3.05, 3.63) is 18.3 Å². The van der Waals surface area contributed by atoms with Crippen LogP contribution >= 0.6 is 0 Å². The second-order valence-electron chi connectivity index (χ2n) is 2.25. The van der Waals surface area contributed by atoms with Crippen molar-refractivity contribution in [1.29, 1.82) is 0 Å². The lowest BCUT2D eigenvalue weighted by atomic mass is 10.5. The van der Waals surface area contributed by atoms with E-state index in [4.69, 9.17) is 5.73 Å². The Kier molecular flexibility index (Phi) is 1.26. The lowest BCUT2D eigenvalue weighted by molar-refractivity contribution is -0.347. The zero-order valence-corrected chi connectivity index (χ0v) is 6.03. The number of carbonyl (C=O) groups excluding carboxylic acids is 1. The smallest absolute Gasteiger partial charge is 0.304 e. The summed E-state index contributed by atoms with van der Waals surface area (Å²) in [6.07, 6.45) is 3.10. The van der Waals surface area contributed by atoms with E-state index in [1.807, 2.05) is 0 Å². The Balaban J connectivity index is 2.68. The van der Waals surface area contributed by atoms with Gasteiger partial charge in [0, 0.05) is 0 Å². The van der Waals surface area contributed by atoms with Crippen molar-refractivity contribution in [2.24, 2.45) is 5.73 Å². The van der Waals surface area contributed by atoms with Gasteiger partial charge < -0.3 is 5.73 Å². The largest absolute Gasteiger partial charge is 0.362 e. The van der Waals surface area contributed by atoms with Gasteiger partial charge in [0.1, 0.15) is 0 Å². The minimum absolute atomic E-state index is 0.0124. The summed E-state index contributed by atoms with van der Waals surface area (Å²) in [6.45, 7) is 0. The zero-order valence-electron chi connectivity index (χ0n) is 6.03. The number of aromatic nitrogens is 4. The maximum absolute atomic E-state index is 10.6. The first-order valence-corrected chi connectivity index (χ1v) is 3.29. The molecule has 0 unspecified atom stereocenters. The van der Waals surface area contributed by atoms with Crippen molar-refractivity contribution in [1.82, 2.24) is 15.0 Å². The van der Waals surface area contributed by atoms with Crippen LogP contribution in [0.15, 0.2) is 12.5 Å². The highest BCUT2D eigenvalue weighted by Crippen LogP contribution is 1.99. The highest BCUT2D eigenvalue weighted by Gasteiger charge is 2.11. The van der Waals surface area contributed by atoms with Crippen molar-refractivity contribution >= 4 is 17.1 Å². The Morgan fingerprint density at radius 3 is 3.25 bits per heavy atom. The van der Waals surface area contributed by atoms with Crippen LogP contribution in [-0.4, -0.2) is 20.9 Å². The molecule has 60 valence electrons. The molecule has 0 fully saturated rings. The normalized spacial score (nSPS) is 10.3. The number of nitrogens with two attached hydrogens (primary N) is 1. The summed E-state index contributed by atoms with van der Waals surface area (Å²) in [4.78, 5) is 23.9. The van der Waals surface area contributed by atoms with Crippen LogP contribution in [0.5, 0.6) is 0 Å². The van der Waals surface area contributed by atoms with Gasteiger partial charge in [-0.1, -0.05) is 4.98 Å². The van der Waals surface area contributed by atoms with Crippen molar-refractivity contribution in [2.45, 2.75) is 0 Å². The average molecular weight is 164 g/mol. The fraction of sp³-hybridized carbons (Fsp3) is 0. The van der Waals surface area contributed by atoms with Crippen LogP contribution in [0.4, 0.5) is 0 Å². The molecule has 2 aromatic heterocycles. The number of fused-ring (bicyclic) bond motifs is 1. The van der Waals surface area contributed by atoms with Crippen molar-refractivity contribution in [2.75, 3.05) is 0 Å². The number of rotatable bonds is 1. The Labute approximate surface area is 66.8 Å². The topological polar surface area (TPSA) is 98.8 Å². The van der Waals surface area contributed by atoms with E-state index in [0.717, 1.165) is 5.52 Å². The molecule has 1 amide bonds. The number of H-pyrrole nitrogens is 2. The zero-order chi connectivity index (χ0) is 8.55. The van der Waals surface area contributed by atoms with Gasteiger partial charge in [0.15, 0.2) is 11.8 Å². The molecule has 2 aromatic rings. The second-order valence-corrected chi connectivity index (χ2v) is 2.25. The van der Waals surface area contributed by atoms with Gasteiger partial charge in [-0.05, 0) is 0 Å². The number of primary amides is 1. The van der Waals surface area contributed by atoms with E-state index >= 15 is 0 Å². The molecule has 0 saturated carbocycles. The van der Waals surface area contributed by atoms with Gasteiger partial charge in [-0.15, -0.1) is 0 Å². The van der Waals surface area contributed by atoms with Crippen LogP contribution in [0.25, 0.3) is 11.2 Å². The number of hydrogen-bond acceptors (Lipinski definition) is 3. The van der Waals surface area contributed by atoms with Gasteiger partial charge >= 0.3 is 11.6 Å². The molecular weight excluding hydrogens is 158 g/mol. The summed E-state index contributed by atoms with van der Waals surface area (Å²) in [6, 6.07) is 0. The molecule has 0 bridgehead atoms. The molecule has 0 atom stereocenters. The highest BCUT2D eigenvalue weighted by molar-refractivity contribution is 5.89. The fourth-order valence-electron chi connectivity index (χ4n) is 0.898. The number of aromatic amines is 2. The molecule has 0 aliphatic rings. The first-order chi connectivity index (χ1) is 5.77. The maximum Gasteiger partial charge on any atom is 0.304 e. The number of nitrogens with zero attached hydrogens (tertiary/aromatic N) is 2. The summed E-state index contributed by atoms with van der Waals surface area (Å²) in [5.74, 6) is -0.621. The van der Waals surface area contributed by atoms with Gasteiger partial charge in [0.25, 0.3) is 5.82 Å². The van der Waals surface area contributed by atoms with Gasteiger partial charge in [-0.25, -0.2) is 9.97 Å². The molecule has 6 nitrogen and oxygen atoms in total. The SMILES string of the molecule is NC(=O)c1ncc2[nH]c[nH+]c2n1. The molecule has 0 aliphatic carbocycles. The van der Waals surface area contributed by atoms with E-state index in [-0.39, 0.29) is 5.82 Å². The molecule has 2 heterocycles. The Hall–Kier alpha value is -1.98. The first-order valence-electron chi connectivity index (χ1n) is 3.29.